The molecular weight excluding hydrogens is 390 g/mol. The van der Waals surface area contributed by atoms with Crippen LogP contribution in [-0.2, 0) is 0 Å². The lowest BCUT2D eigenvalue weighted by Gasteiger charge is -2.03. The Hall–Kier alpha value is -2.45. The number of phenols is 1. The second kappa shape index (κ2) is 7.21. The number of phenolic OH excluding ortho intramolecular Hbond substituents is 1. The van der Waals surface area contributed by atoms with E-state index in [2.05, 4.69) is 26.5 Å². The Kier molecular flexibility index (Phi) is 5.30. The van der Waals surface area contributed by atoms with Crippen LogP contribution in [0.2, 0.25) is 5.02 Å². The Morgan fingerprint density at radius 3 is 2.61 bits per heavy atom. The number of nitro groups is 1. The maximum atomic E-state index is 11.8. The number of carbonyl (C=O) groups is 1. The summed E-state index contributed by atoms with van der Waals surface area (Å²) in [4.78, 5) is 22.0. The minimum atomic E-state index is -0.603. The van der Waals surface area contributed by atoms with Crippen LogP contribution < -0.4 is 5.43 Å². The summed E-state index contributed by atoms with van der Waals surface area (Å²) >= 11 is 8.74. The zero-order valence-electron chi connectivity index (χ0n) is 11.4. The summed E-state index contributed by atoms with van der Waals surface area (Å²) in [7, 11) is 0. The van der Waals surface area contributed by atoms with Crippen LogP contribution in [-0.4, -0.2) is 22.2 Å². The van der Waals surface area contributed by atoms with Gasteiger partial charge in [-0.15, -0.1) is 0 Å². The molecule has 23 heavy (non-hydrogen) atoms. The van der Waals surface area contributed by atoms with Gasteiger partial charge in [-0.05, 0) is 40.2 Å². The Bertz CT molecular complexity index is 793. The number of carbonyl (C=O) groups excluding carboxylic acids is 1. The van der Waals surface area contributed by atoms with E-state index in [9.17, 15) is 20.0 Å². The van der Waals surface area contributed by atoms with Crippen LogP contribution in [0.5, 0.6) is 5.75 Å². The number of halogens is 2. The lowest BCUT2D eigenvalue weighted by atomic mass is 10.2. The number of amides is 1. The van der Waals surface area contributed by atoms with Gasteiger partial charge in [0.05, 0.1) is 15.6 Å². The van der Waals surface area contributed by atoms with Gasteiger partial charge in [-0.3, -0.25) is 14.9 Å². The third kappa shape index (κ3) is 4.27. The highest BCUT2D eigenvalue weighted by Gasteiger charge is 2.13. The number of nitrogens with zero attached hydrogens (tertiary/aromatic N) is 2. The Morgan fingerprint density at radius 1 is 1.35 bits per heavy atom. The maximum Gasteiger partial charge on any atom is 0.271 e. The quantitative estimate of drug-likeness (QED) is 0.467. The molecule has 118 valence electrons. The van der Waals surface area contributed by atoms with Crippen molar-refractivity contribution in [1.29, 1.82) is 0 Å². The number of nitro benzene ring substituents is 1. The minimum absolute atomic E-state index is 0.0856. The summed E-state index contributed by atoms with van der Waals surface area (Å²) in [6.07, 6.45) is 1.11. The molecule has 9 heteroatoms. The fraction of sp³-hybridized carbons (Fsp3) is 0. The molecule has 0 radical (unpaired) electrons. The highest BCUT2D eigenvalue weighted by molar-refractivity contribution is 9.10. The van der Waals surface area contributed by atoms with Gasteiger partial charge in [0, 0.05) is 28.3 Å². The van der Waals surface area contributed by atoms with Crippen molar-refractivity contribution in [2.45, 2.75) is 0 Å². The fourth-order valence-corrected chi connectivity index (χ4v) is 2.22. The molecule has 0 saturated carbocycles. The molecule has 2 rings (SSSR count). The van der Waals surface area contributed by atoms with E-state index in [1.54, 1.807) is 12.1 Å². The lowest BCUT2D eigenvalue weighted by molar-refractivity contribution is -0.385. The first-order valence-corrected chi connectivity index (χ1v) is 7.31. The molecule has 0 bridgehead atoms. The number of hydrogen-bond acceptors (Lipinski definition) is 5. The topological polar surface area (TPSA) is 105 Å². The number of benzene rings is 2. The van der Waals surface area contributed by atoms with Crippen LogP contribution in [0.25, 0.3) is 0 Å². The molecule has 0 aromatic heterocycles. The molecule has 0 spiro atoms. The molecule has 0 aliphatic heterocycles. The van der Waals surface area contributed by atoms with Crippen LogP contribution in [0.1, 0.15) is 15.9 Å². The first-order valence-electron chi connectivity index (χ1n) is 6.14. The Morgan fingerprint density at radius 2 is 2.00 bits per heavy atom. The normalized spacial score (nSPS) is 10.7. The molecule has 2 N–H and O–H groups in total. The molecule has 0 aliphatic carbocycles. The summed E-state index contributed by atoms with van der Waals surface area (Å²) in [5.41, 5.74) is 2.46. The second-order valence-corrected chi connectivity index (χ2v) is 5.62. The lowest BCUT2D eigenvalue weighted by Crippen LogP contribution is -2.17. The second-order valence-electron chi connectivity index (χ2n) is 4.33. The van der Waals surface area contributed by atoms with Gasteiger partial charge < -0.3 is 5.11 Å². The highest BCUT2D eigenvalue weighted by Crippen LogP contribution is 2.31. The van der Waals surface area contributed by atoms with Gasteiger partial charge in [-0.25, -0.2) is 5.43 Å². The van der Waals surface area contributed by atoms with E-state index >= 15 is 0 Å². The zero-order valence-corrected chi connectivity index (χ0v) is 13.7. The number of hydrogen-bond donors (Lipinski definition) is 2. The molecule has 2 aromatic rings. The number of aromatic hydroxyl groups is 1. The van der Waals surface area contributed by atoms with E-state index in [-0.39, 0.29) is 21.5 Å². The van der Waals surface area contributed by atoms with E-state index in [1.807, 2.05) is 0 Å². The van der Waals surface area contributed by atoms with Crippen molar-refractivity contribution in [3.63, 3.8) is 0 Å². The van der Waals surface area contributed by atoms with Gasteiger partial charge >= 0.3 is 0 Å². The molecule has 0 unspecified atom stereocenters. The largest absolute Gasteiger partial charge is 0.506 e. The van der Waals surface area contributed by atoms with E-state index in [0.29, 0.717) is 10.6 Å². The van der Waals surface area contributed by atoms with Crippen LogP contribution >= 0.6 is 27.5 Å². The molecular formula is C14H9BrClN3O4. The zero-order chi connectivity index (χ0) is 17.0. The standard InChI is InChI=1S/C14H9BrClN3O4/c15-12-6-11(19(22)23)5-9(13(12)20)7-17-18-14(21)8-1-3-10(16)4-2-8/h1-7,20H,(H,18,21)/b17-7-. The first-order chi connectivity index (χ1) is 10.9. The number of hydrazone groups is 1. The van der Waals surface area contributed by atoms with E-state index in [1.165, 1.54) is 18.2 Å². The van der Waals surface area contributed by atoms with Crippen molar-refractivity contribution in [3.05, 3.63) is 67.1 Å². The molecule has 0 heterocycles. The van der Waals surface area contributed by atoms with E-state index in [4.69, 9.17) is 11.6 Å². The molecule has 0 aliphatic rings. The summed E-state index contributed by atoms with van der Waals surface area (Å²) in [6, 6.07) is 8.47. The van der Waals surface area contributed by atoms with Gasteiger partial charge in [-0.2, -0.15) is 5.10 Å². The fourth-order valence-electron chi connectivity index (χ4n) is 1.64. The molecule has 0 fully saturated rings. The van der Waals surface area contributed by atoms with E-state index in [0.717, 1.165) is 12.3 Å². The maximum absolute atomic E-state index is 11.8. The predicted molar refractivity (Wildman–Crippen MR) is 89.0 cm³/mol. The molecule has 1 amide bonds. The van der Waals surface area contributed by atoms with Crippen molar-refractivity contribution in [2.75, 3.05) is 0 Å². The van der Waals surface area contributed by atoms with Gasteiger partial charge in [-0.1, -0.05) is 11.6 Å². The van der Waals surface area contributed by atoms with Crippen molar-refractivity contribution in [2.24, 2.45) is 5.10 Å². The van der Waals surface area contributed by atoms with Crippen LogP contribution in [0.4, 0.5) is 5.69 Å². The van der Waals surface area contributed by atoms with Crippen molar-refractivity contribution in [3.8, 4) is 5.75 Å². The highest BCUT2D eigenvalue weighted by atomic mass is 79.9. The summed E-state index contributed by atoms with van der Waals surface area (Å²) in [5, 5.41) is 24.8. The van der Waals surface area contributed by atoms with Crippen molar-refractivity contribution < 1.29 is 14.8 Å². The average molecular weight is 399 g/mol. The first kappa shape index (κ1) is 16.9. The third-order valence-corrected chi connectivity index (χ3v) is 3.62. The Labute approximate surface area is 143 Å². The number of nitrogens with one attached hydrogen (secondary N) is 1. The van der Waals surface area contributed by atoms with Crippen LogP contribution in [0.15, 0.2) is 46.0 Å². The number of non-ortho nitro benzene ring substituents is 1. The smallest absolute Gasteiger partial charge is 0.271 e. The van der Waals surface area contributed by atoms with Gasteiger partial charge in [0.2, 0.25) is 0 Å². The third-order valence-electron chi connectivity index (χ3n) is 2.76. The molecule has 2 aromatic carbocycles. The summed E-state index contributed by atoms with van der Waals surface area (Å²) in [6.45, 7) is 0. The van der Waals surface area contributed by atoms with Gasteiger partial charge in [0.25, 0.3) is 11.6 Å². The molecule has 7 nitrogen and oxygen atoms in total. The predicted octanol–water partition coefficient (Wildman–Crippen LogP) is 3.48. The van der Waals surface area contributed by atoms with Gasteiger partial charge in [0.15, 0.2) is 0 Å². The van der Waals surface area contributed by atoms with Crippen molar-refractivity contribution in [1.82, 2.24) is 5.43 Å². The molecule has 0 atom stereocenters. The van der Waals surface area contributed by atoms with E-state index < -0.39 is 10.8 Å². The van der Waals surface area contributed by atoms with Crippen LogP contribution in [0, 0.1) is 10.1 Å². The van der Waals surface area contributed by atoms with Crippen LogP contribution in [0.3, 0.4) is 0 Å². The minimum Gasteiger partial charge on any atom is -0.506 e. The Balaban J connectivity index is 2.15. The average Bonchev–Trinajstić information content (AvgIpc) is 2.51. The molecule has 0 saturated heterocycles. The van der Waals surface area contributed by atoms with Crippen molar-refractivity contribution >= 4 is 45.3 Å². The summed E-state index contributed by atoms with van der Waals surface area (Å²) in [5.74, 6) is -0.706. The summed E-state index contributed by atoms with van der Waals surface area (Å²) < 4.78 is 0.150. The SMILES string of the molecule is O=C(N/N=C\c1cc([N+](=O)[O-])cc(Br)c1O)c1ccc(Cl)cc1. The van der Waals surface area contributed by atoms with Gasteiger partial charge in [0.1, 0.15) is 5.75 Å². The monoisotopic (exact) mass is 397 g/mol. The number of rotatable bonds is 4.